The molecule has 0 unspecified atom stereocenters. The van der Waals surface area contributed by atoms with Gasteiger partial charge in [0, 0.05) is 19.5 Å². The molecular formula is C16H19N3O2. The molecule has 0 fully saturated rings. The van der Waals surface area contributed by atoms with Crippen LogP contribution in [0.3, 0.4) is 0 Å². The number of amides is 1. The quantitative estimate of drug-likeness (QED) is 0.863. The van der Waals surface area contributed by atoms with E-state index < -0.39 is 6.04 Å². The average molecular weight is 285 g/mol. The highest BCUT2D eigenvalue weighted by atomic mass is 16.2. The summed E-state index contributed by atoms with van der Waals surface area (Å²) in [4.78, 5) is 31.6. The lowest BCUT2D eigenvalue weighted by atomic mass is 10.2. The summed E-state index contributed by atoms with van der Waals surface area (Å²) in [5, 5.41) is 0.584. The minimum Gasteiger partial charge on any atom is -0.341 e. The Morgan fingerprint density at radius 3 is 2.76 bits per heavy atom. The van der Waals surface area contributed by atoms with Crippen LogP contribution in [-0.2, 0) is 11.2 Å². The highest BCUT2D eigenvalue weighted by molar-refractivity contribution is 5.82. The summed E-state index contributed by atoms with van der Waals surface area (Å²) in [5.74, 6) is 0.752. The molecule has 21 heavy (non-hydrogen) atoms. The van der Waals surface area contributed by atoms with Gasteiger partial charge in [0.25, 0.3) is 5.56 Å². The second-order valence-corrected chi connectivity index (χ2v) is 5.29. The minimum atomic E-state index is -0.399. The summed E-state index contributed by atoms with van der Waals surface area (Å²) < 4.78 is 1.60. The molecule has 0 saturated carbocycles. The Morgan fingerprint density at radius 2 is 2.05 bits per heavy atom. The molecule has 110 valence electrons. The van der Waals surface area contributed by atoms with Crippen LogP contribution < -0.4 is 5.56 Å². The number of nitrogens with zero attached hydrogens (tertiary/aromatic N) is 3. The first kappa shape index (κ1) is 13.8. The maximum absolute atomic E-state index is 12.7. The Morgan fingerprint density at radius 1 is 1.33 bits per heavy atom. The Bertz CT molecular complexity index is 747. The molecule has 1 atom stereocenters. The van der Waals surface area contributed by atoms with Gasteiger partial charge in [0.1, 0.15) is 11.9 Å². The lowest BCUT2D eigenvalue weighted by Gasteiger charge is -2.23. The molecule has 5 heteroatoms. The number of hydrogen-bond acceptors (Lipinski definition) is 3. The Balaban J connectivity index is 2.12. The molecule has 0 saturated heterocycles. The summed E-state index contributed by atoms with van der Waals surface area (Å²) in [7, 11) is 0. The first-order chi connectivity index (χ1) is 10.2. The van der Waals surface area contributed by atoms with Crippen molar-refractivity contribution in [1.82, 2.24) is 14.5 Å². The summed E-state index contributed by atoms with van der Waals surface area (Å²) in [6, 6.07) is 6.92. The number of likely N-dealkylation sites (N-methyl/N-ethyl adjacent to an activating group) is 1. The van der Waals surface area contributed by atoms with Gasteiger partial charge in [0.05, 0.1) is 10.9 Å². The molecule has 0 aliphatic carbocycles. The maximum Gasteiger partial charge on any atom is 0.262 e. The van der Waals surface area contributed by atoms with Gasteiger partial charge in [-0.25, -0.2) is 4.98 Å². The molecule has 1 aromatic heterocycles. The van der Waals surface area contributed by atoms with Gasteiger partial charge in [-0.05, 0) is 32.4 Å². The third-order valence-corrected chi connectivity index (χ3v) is 4.19. The van der Waals surface area contributed by atoms with E-state index in [4.69, 9.17) is 0 Å². The van der Waals surface area contributed by atoms with Crippen molar-refractivity contribution in [2.24, 2.45) is 0 Å². The van der Waals surface area contributed by atoms with Crippen LogP contribution in [0.5, 0.6) is 0 Å². The van der Waals surface area contributed by atoms with E-state index >= 15 is 0 Å². The fraction of sp³-hybridized carbons (Fsp3) is 0.438. The highest BCUT2D eigenvalue weighted by Gasteiger charge is 2.32. The maximum atomic E-state index is 12.7. The van der Waals surface area contributed by atoms with Crippen molar-refractivity contribution in [2.75, 3.05) is 13.1 Å². The summed E-state index contributed by atoms with van der Waals surface area (Å²) >= 11 is 0. The zero-order valence-corrected chi connectivity index (χ0v) is 12.4. The highest BCUT2D eigenvalue weighted by Crippen LogP contribution is 2.25. The Kier molecular flexibility index (Phi) is 3.49. The van der Waals surface area contributed by atoms with Crippen molar-refractivity contribution >= 4 is 16.8 Å². The predicted molar refractivity (Wildman–Crippen MR) is 81.3 cm³/mol. The number of benzene rings is 1. The number of para-hydroxylation sites is 1. The Labute approximate surface area is 123 Å². The van der Waals surface area contributed by atoms with Crippen molar-refractivity contribution in [3.8, 4) is 0 Å². The van der Waals surface area contributed by atoms with Crippen molar-refractivity contribution < 1.29 is 4.79 Å². The summed E-state index contributed by atoms with van der Waals surface area (Å²) in [5.41, 5.74) is 0.614. The average Bonchev–Trinajstić information content (AvgIpc) is 2.92. The van der Waals surface area contributed by atoms with Gasteiger partial charge < -0.3 is 4.90 Å². The monoisotopic (exact) mass is 285 g/mol. The van der Waals surface area contributed by atoms with Gasteiger partial charge in [0.15, 0.2) is 0 Å². The zero-order chi connectivity index (χ0) is 15.0. The van der Waals surface area contributed by atoms with Crippen LogP contribution in [0.15, 0.2) is 29.1 Å². The largest absolute Gasteiger partial charge is 0.341 e. The number of carbonyl (C=O) groups is 1. The molecule has 0 spiro atoms. The molecule has 1 aliphatic rings. The van der Waals surface area contributed by atoms with E-state index in [1.807, 2.05) is 32.0 Å². The summed E-state index contributed by atoms with van der Waals surface area (Å²) in [6.45, 7) is 5.24. The molecule has 2 aromatic rings. The number of aromatic nitrogens is 2. The van der Waals surface area contributed by atoms with Crippen LogP contribution in [-0.4, -0.2) is 33.4 Å². The van der Waals surface area contributed by atoms with Crippen molar-refractivity contribution in [1.29, 1.82) is 0 Å². The van der Waals surface area contributed by atoms with E-state index in [0.717, 1.165) is 5.82 Å². The molecular weight excluding hydrogens is 266 g/mol. The second kappa shape index (κ2) is 5.31. The van der Waals surface area contributed by atoms with Gasteiger partial charge in [0.2, 0.25) is 5.91 Å². The Hall–Kier alpha value is -2.17. The number of hydrogen-bond donors (Lipinski definition) is 0. The molecule has 0 bridgehead atoms. The fourth-order valence-corrected chi connectivity index (χ4v) is 3.06. The normalized spacial score (nSPS) is 17.0. The molecule has 1 aliphatic heterocycles. The van der Waals surface area contributed by atoms with Gasteiger partial charge in [-0.15, -0.1) is 0 Å². The van der Waals surface area contributed by atoms with Gasteiger partial charge in [-0.2, -0.15) is 0 Å². The second-order valence-electron chi connectivity index (χ2n) is 5.29. The standard InChI is InChI=1S/C16H19N3O2/c1-3-18(4-2)16(21)13-9-10-14-17-12-8-6-5-7-11(12)15(20)19(13)14/h5-8,13H,3-4,9-10H2,1-2H3/t13-/m0/s1. The number of aryl methyl sites for hydroxylation is 1. The van der Waals surface area contributed by atoms with E-state index in [0.29, 0.717) is 36.8 Å². The van der Waals surface area contributed by atoms with Crippen LogP contribution in [0.4, 0.5) is 0 Å². The van der Waals surface area contributed by atoms with Gasteiger partial charge in [-0.1, -0.05) is 12.1 Å². The van der Waals surface area contributed by atoms with E-state index in [2.05, 4.69) is 4.98 Å². The van der Waals surface area contributed by atoms with E-state index in [1.165, 1.54) is 0 Å². The third kappa shape index (κ3) is 2.13. The molecule has 0 N–H and O–H groups in total. The molecule has 2 heterocycles. The molecule has 3 rings (SSSR count). The van der Waals surface area contributed by atoms with Crippen molar-refractivity contribution in [3.05, 3.63) is 40.4 Å². The molecule has 5 nitrogen and oxygen atoms in total. The predicted octanol–water partition coefficient (Wildman–Crippen LogP) is 1.75. The zero-order valence-electron chi connectivity index (χ0n) is 12.4. The first-order valence-corrected chi connectivity index (χ1v) is 7.46. The van der Waals surface area contributed by atoms with E-state index in [1.54, 1.807) is 15.5 Å². The third-order valence-electron chi connectivity index (χ3n) is 4.19. The SMILES string of the molecule is CCN(CC)C(=O)[C@@H]1CCc2nc3ccccc3c(=O)n21. The van der Waals surface area contributed by atoms with Crippen LogP contribution in [0.1, 0.15) is 32.1 Å². The smallest absolute Gasteiger partial charge is 0.262 e. The van der Waals surface area contributed by atoms with E-state index in [-0.39, 0.29) is 11.5 Å². The van der Waals surface area contributed by atoms with E-state index in [9.17, 15) is 9.59 Å². The minimum absolute atomic E-state index is 0.0259. The molecule has 1 amide bonds. The van der Waals surface area contributed by atoms with Crippen LogP contribution in [0.2, 0.25) is 0 Å². The summed E-state index contributed by atoms with van der Waals surface area (Å²) in [6.07, 6.45) is 1.34. The molecule has 1 aromatic carbocycles. The van der Waals surface area contributed by atoms with Crippen molar-refractivity contribution in [2.45, 2.75) is 32.7 Å². The topological polar surface area (TPSA) is 55.2 Å². The van der Waals surface area contributed by atoms with Crippen LogP contribution in [0.25, 0.3) is 10.9 Å². The van der Waals surface area contributed by atoms with Crippen LogP contribution >= 0.6 is 0 Å². The van der Waals surface area contributed by atoms with Crippen molar-refractivity contribution in [3.63, 3.8) is 0 Å². The number of rotatable bonds is 3. The number of carbonyl (C=O) groups excluding carboxylic acids is 1. The van der Waals surface area contributed by atoms with Gasteiger partial charge in [-0.3, -0.25) is 14.2 Å². The molecule has 0 radical (unpaired) electrons. The number of fused-ring (bicyclic) bond motifs is 2. The van der Waals surface area contributed by atoms with Gasteiger partial charge >= 0.3 is 0 Å². The lowest BCUT2D eigenvalue weighted by molar-refractivity contribution is -0.134. The first-order valence-electron chi connectivity index (χ1n) is 7.46. The lowest BCUT2D eigenvalue weighted by Crippen LogP contribution is -2.39. The fourth-order valence-electron chi connectivity index (χ4n) is 3.06. The van der Waals surface area contributed by atoms with Crippen LogP contribution in [0, 0.1) is 0 Å².